The van der Waals surface area contributed by atoms with Crippen molar-refractivity contribution in [2.75, 3.05) is 7.11 Å². The summed E-state index contributed by atoms with van der Waals surface area (Å²) >= 11 is 1.68. The third kappa shape index (κ3) is 3.35. The Morgan fingerprint density at radius 3 is 2.68 bits per heavy atom. The number of H-pyrrole nitrogens is 2. The highest BCUT2D eigenvalue weighted by molar-refractivity contribution is 7.19. The van der Waals surface area contributed by atoms with E-state index >= 15 is 0 Å². The van der Waals surface area contributed by atoms with E-state index in [2.05, 4.69) is 32.3 Å². The molecule has 158 valence electrons. The van der Waals surface area contributed by atoms with Crippen molar-refractivity contribution < 1.29 is 9.84 Å². The van der Waals surface area contributed by atoms with Gasteiger partial charge in [0.2, 0.25) is 0 Å². The molecule has 31 heavy (non-hydrogen) atoms. The summed E-state index contributed by atoms with van der Waals surface area (Å²) in [7, 11) is 1.70. The second-order valence-electron chi connectivity index (χ2n) is 7.96. The van der Waals surface area contributed by atoms with Gasteiger partial charge in [-0.25, -0.2) is 0 Å². The highest BCUT2D eigenvalue weighted by Gasteiger charge is 2.24. The van der Waals surface area contributed by atoms with Crippen LogP contribution < -0.4 is 0 Å². The Bertz CT molecular complexity index is 1360. The Kier molecular flexibility index (Phi) is 4.89. The zero-order chi connectivity index (χ0) is 21.6. The third-order valence-electron chi connectivity index (χ3n) is 5.89. The molecule has 5 aromatic rings. The SMILES string of the molecule is CCC(C)(O)c1ccc2c(-c3ccncc3)c(-c3n[nH]c4cc(COC)sc34)[nH]c2c1. The lowest BCUT2D eigenvalue weighted by atomic mass is 9.92. The molecule has 4 aromatic heterocycles. The van der Waals surface area contributed by atoms with Gasteiger partial charge < -0.3 is 14.8 Å². The second kappa shape index (κ2) is 7.60. The van der Waals surface area contributed by atoms with Crippen LogP contribution in [-0.2, 0) is 16.9 Å². The van der Waals surface area contributed by atoms with Gasteiger partial charge in [0.1, 0.15) is 5.69 Å². The van der Waals surface area contributed by atoms with Gasteiger partial charge in [-0.3, -0.25) is 10.1 Å². The molecule has 1 aromatic carbocycles. The number of aromatic amines is 2. The van der Waals surface area contributed by atoms with Gasteiger partial charge >= 0.3 is 0 Å². The van der Waals surface area contributed by atoms with Crippen molar-refractivity contribution in [3.8, 4) is 22.5 Å². The number of ether oxygens (including phenoxy) is 1. The number of thiophene rings is 1. The summed E-state index contributed by atoms with van der Waals surface area (Å²) in [6.07, 6.45) is 4.24. The minimum absolute atomic E-state index is 0.575. The van der Waals surface area contributed by atoms with Crippen LogP contribution in [0.15, 0.2) is 48.8 Å². The van der Waals surface area contributed by atoms with Crippen LogP contribution in [0, 0.1) is 0 Å². The number of pyridine rings is 1. The Morgan fingerprint density at radius 2 is 1.94 bits per heavy atom. The van der Waals surface area contributed by atoms with Gasteiger partial charge in [0.15, 0.2) is 0 Å². The van der Waals surface area contributed by atoms with Gasteiger partial charge in [-0.15, -0.1) is 11.3 Å². The molecule has 0 fully saturated rings. The largest absolute Gasteiger partial charge is 0.385 e. The molecule has 3 N–H and O–H groups in total. The number of methoxy groups -OCH3 is 1. The maximum Gasteiger partial charge on any atom is 0.127 e. The normalized spacial score (nSPS) is 13.8. The minimum atomic E-state index is -0.876. The Labute approximate surface area is 183 Å². The van der Waals surface area contributed by atoms with Gasteiger partial charge in [-0.2, -0.15) is 5.10 Å². The Hall–Kier alpha value is -3.00. The first kappa shape index (κ1) is 19.9. The minimum Gasteiger partial charge on any atom is -0.385 e. The smallest absolute Gasteiger partial charge is 0.127 e. The quantitative estimate of drug-likeness (QED) is 0.326. The molecule has 0 aliphatic heterocycles. The number of rotatable bonds is 6. The first-order valence-electron chi connectivity index (χ1n) is 10.3. The lowest BCUT2D eigenvalue weighted by Gasteiger charge is -2.21. The van der Waals surface area contributed by atoms with Crippen molar-refractivity contribution in [1.29, 1.82) is 0 Å². The number of nitrogens with one attached hydrogen (secondary N) is 2. The number of hydrogen-bond acceptors (Lipinski definition) is 5. The van der Waals surface area contributed by atoms with E-state index in [1.807, 2.05) is 38.1 Å². The van der Waals surface area contributed by atoms with Crippen molar-refractivity contribution in [2.45, 2.75) is 32.5 Å². The van der Waals surface area contributed by atoms with Crippen LogP contribution in [0.3, 0.4) is 0 Å². The number of nitrogens with zero attached hydrogens (tertiary/aromatic N) is 2. The van der Waals surface area contributed by atoms with E-state index in [0.29, 0.717) is 13.0 Å². The van der Waals surface area contributed by atoms with Crippen LogP contribution in [0.1, 0.15) is 30.7 Å². The summed E-state index contributed by atoms with van der Waals surface area (Å²) in [5, 5.41) is 19.7. The third-order valence-corrected chi connectivity index (χ3v) is 7.00. The molecule has 5 rings (SSSR count). The zero-order valence-corrected chi connectivity index (χ0v) is 18.5. The van der Waals surface area contributed by atoms with E-state index in [1.54, 1.807) is 30.8 Å². The summed E-state index contributed by atoms with van der Waals surface area (Å²) in [6, 6.07) is 12.2. The predicted molar refractivity (Wildman–Crippen MR) is 125 cm³/mol. The van der Waals surface area contributed by atoms with Gasteiger partial charge in [-0.1, -0.05) is 19.1 Å². The van der Waals surface area contributed by atoms with Crippen molar-refractivity contribution in [1.82, 2.24) is 20.2 Å². The molecular formula is C24H24N4O2S. The van der Waals surface area contributed by atoms with Crippen molar-refractivity contribution in [3.63, 3.8) is 0 Å². The van der Waals surface area contributed by atoms with Crippen molar-refractivity contribution in [3.05, 3.63) is 59.2 Å². The monoisotopic (exact) mass is 432 g/mol. The molecule has 0 aliphatic carbocycles. The molecule has 7 heteroatoms. The fourth-order valence-corrected chi connectivity index (χ4v) is 5.06. The van der Waals surface area contributed by atoms with E-state index in [-0.39, 0.29) is 0 Å². The summed E-state index contributed by atoms with van der Waals surface area (Å²) in [6.45, 7) is 4.41. The number of aromatic nitrogens is 4. The van der Waals surface area contributed by atoms with Crippen LogP contribution in [0.5, 0.6) is 0 Å². The molecule has 1 unspecified atom stereocenters. The van der Waals surface area contributed by atoms with E-state index in [9.17, 15) is 5.11 Å². The predicted octanol–water partition coefficient (Wildman–Crippen LogP) is 5.60. The molecule has 4 heterocycles. The number of fused-ring (bicyclic) bond motifs is 2. The zero-order valence-electron chi connectivity index (χ0n) is 17.7. The lowest BCUT2D eigenvalue weighted by Crippen LogP contribution is -2.19. The average Bonchev–Trinajstić information content (AvgIpc) is 3.46. The highest BCUT2D eigenvalue weighted by Crippen LogP contribution is 2.42. The second-order valence-corrected chi connectivity index (χ2v) is 9.10. The Balaban J connectivity index is 1.77. The van der Waals surface area contributed by atoms with Gasteiger partial charge in [0.25, 0.3) is 0 Å². The Morgan fingerprint density at radius 1 is 1.13 bits per heavy atom. The maximum atomic E-state index is 10.8. The molecule has 0 saturated carbocycles. The van der Waals surface area contributed by atoms with Crippen LogP contribution in [0.2, 0.25) is 0 Å². The lowest BCUT2D eigenvalue weighted by molar-refractivity contribution is 0.0532. The van der Waals surface area contributed by atoms with Crippen molar-refractivity contribution in [2.24, 2.45) is 0 Å². The molecule has 6 nitrogen and oxygen atoms in total. The molecular weight excluding hydrogens is 408 g/mol. The maximum absolute atomic E-state index is 10.8. The van der Waals surface area contributed by atoms with Crippen LogP contribution in [0.4, 0.5) is 0 Å². The fraction of sp³-hybridized carbons (Fsp3) is 0.250. The molecule has 0 amide bonds. The summed E-state index contributed by atoms with van der Waals surface area (Å²) in [5.41, 5.74) is 5.96. The van der Waals surface area contributed by atoms with Crippen LogP contribution in [-0.4, -0.2) is 32.4 Å². The van der Waals surface area contributed by atoms with Gasteiger partial charge in [-0.05, 0) is 48.7 Å². The number of benzene rings is 1. The molecule has 0 saturated heterocycles. The van der Waals surface area contributed by atoms with E-state index in [0.717, 1.165) is 54.1 Å². The van der Waals surface area contributed by atoms with Gasteiger partial charge in [0.05, 0.1) is 28.1 Å². The first-order valence-corrected chi connectivity index (χ1v) is 11.1. The van der Waals surface area contributed by atoms with Crippen molar-refractivity contribution >= 4 is 32.5 Å². The topological polar surface area (TPSA) is 86.8 Å². The van der Waals surface area contributed by atoms with E-state index in [4.69, 9.17) is 4.74 Å². The molecule has 0 bridgehead atoms. The highest BCUT2D eigenvalue weighted by atomic mass is 32.1. The molecule has 0 aliphatic rings. The van der Waals surface area contributed by atoms with Crippen LogP contribution >= 0.6 is 11.3 Å². The summed E-state index contributed by atoms with van der Waals surface area (Å²) in [5.74, 6) is 0. The average molecular weight is 433 g/mol. The first-order chi connectivity index (χ1) is 15.0. The van der Waals surface area contributed by atoms with Gasteiger partial charge in [0, 0.05) is 40.8 Å². The number of aliphatic hydroxyl groups is 1. The van der Waals surface area contributed by atoms with E-state index < -0.39 is 5.60 Å². The molecule has 0 spiro atoms. The molecule has 1 atom stereocenters. The van der Waals surface area contributed by atoms with Crippen LogP contribution in [0.25, 0.3) is 43.6 Å². The standard InChI is InChI=1S/C24H24N4O2S/c1-4-24(2,29)15-5-6-17-18(11-15)26-21(20(17)14-7-9-25-10-8-14)22-23-19(27-28-22)12-16(31-23)13-30-3/h5-12,26,29H,4,13H2,1-3H3,(H,27,28). The number of hydrogen-bond donors (Lipinski definition) is 3. The summed E-state index contributed by atoms with van der Waals surface area (Å²) < 4.78 is 6.40. The molecule has 0 radical (unpaired) electrons. The fourth-order valence-electron chi connectivity index (χ4n) is 3.98. The van der Waals surface area contributed by atoms with E-state index in [1.165, 1.54) is 0 Å². The summed E-state index contributed by atoms with van der Waals surface area (Å²) in [4.78, 5) is 8.93.